The first-order chi connectivity index (χ1) is 7.92. The molecule has 1 rings (SSSR count). The van der Waals surface area contributed by atoms with Gasteiger partial charge in [0.05, 0.1) is 17.0 Å². The highest BCUT2D eigenvalue weighted by Gasteiger charge is 2.18. The number of sulfonamides is 1. The summed E-state index contributed by atoms with van der Waals surface area (Å²) in [5, 5.41) is 0.256. The molecule has 0 aliphatic carbocycles. The van der Waals surface area contributed by atoms with Gasteiger partial charge >= 0.3 is 0 Å². The number of hydrogen-bond donors (Lipinski definition) is 2. The third-order valence-corrected chi connectivity index (χ3v) is 4.07. The molecule has 3 N–H and O–H groups in total. The number of benzene rings is 1. The summed E-state index contributed by atoms with van der Waals surface area (Å²) < 4.78 is 31.2. The Balaban J connectivity index is 3.19. The lowest BCUT2D eigenvalue weighted by Gasteiger charge is -2.11. The molecular weight excluding hydrogens is 264 g/mol. The zero-order valence-electron chi connectivity index (χ0n) is 9.66. The fourth-order valence-corrected chi connectivity index (χ4v) is 2.96. The number of ether oxygens (including phenoxy) is 1. The number of aryl methyl sites for hydroxylation is 1. The third kappa shape index (κ3) is 3.32. The summed E-state index contributed by atoms with van der Waals surface area (Å²) in [6.45, 7) is 2.10. The SMILES string of the molecule is COc1cc(C)c(S(=O)(=O)NCCN)cc1Cl. The van der Waals surface area contributed by atoms with Crippen LogP contribution in [0.15, 0.2) is 17.0 Å². The van der Waals surface area contributed by atoms with Crippen LogP contribution in [0.5, 0.6) is 5.75 Å². The second kappa shape index (κ2) is 5.68. The van der Waals surface area contributed by atoms with Gasteiger partial charge in [0.1, 0.15) is 5.75 Å². The lowest BCUT2D eigenvalue weighted by Crippen LogP contribution is -2.29. The molecule has 0 fully saturated rings. The maximum Gasteiger partial charge on any atom is 0.240 e. The zero-order chi connectivity index (χ0) is 13.1. The van der Waals surface area contributed by atoms with E-state index in [1.165, 1.54) is 13.2 Å². The first kappa shape index (κ1) is 14.2. The minimum atomic E-state index is -3.57. The van der Waals surface area contributed by atoms with Crippen molar-refractivity contribution < 1.29 is 13.2 Å². The van der Waals surface area contributed by atoms with Gasteiger partial charge in [-0.05, 0) is 24.6 Å². The minimum absolute atomic E-state index is 0.136. The lowest BCUT2D eigenvalue weighted by atomic mass is 10.2. The molecular formula is C10H15ClN2O3S. The highest BCUT2D eigenvalue weighted by molar-refractivity contribution is 7.89. The molecule has 96 valence electrons. The monoisotopic (exact) mass is 278 g/mol. The second-order valence-corrected chi connectivity index (χ2v) is 5.58. The molecule has 5 nitrogen and oxygen atoms in total. The molecule has 0 heterocycles. The topological polar surface area (TPSA) is 81.4 Å². The fraction of sp³-hybridized carbons (Fsp3) is 0.400. The Kier molecular flexibility index (Phi) is 4.76. The quantitative estimate of drug-likeness (QED) is 0.838. The fourth-order valence-electron chi connectivity index (χ4n) is 1.35. The maximum absolute atomic E-state index is 11.9. The van der Waals surface area contributed by atoms with E-state index < -0.39 is 10.0 Å². The minimum Gasteiger partial charge on any atom is -0.495 e. The van der Waals surface area contributed by atoms with Crippen LogP contribution in [-0.2, 0) is 10.0 Å². The van der Waals surface area contributed by atoms with Crippen LogP contribution < -0.4 is 15.2 Å². The van der Waals surface area contributed by atoms with E-state index in [2.05, 4.69) is 4.72 Å². The standard InChI is InChI=1S/C10H15ClN2O3S/c1-7-5-9(16-2)8(11)6-10(7)17(14,15)13-4-3-12/h5-6,13H,3-4,12H2,1-2H3. The molecule has 0 spiro atoms. The van der Waals surface area contributed by atoms with E-state index in [4.69, 9.17) is 22.1 Å². The van der Waals surface area contributed by atoms with E-state index in [1.807, 2.05) is 0 Å². The predicted octanol–water partition coefficient (Wildman–Crippen LogP) is 0.894. The van der Waals surface area contributed by atoms with Crippen molar-refractivity contribution in [2.45, 2.75) is 11.8 Å². The van der Waals surface area contributed by atoms with Crippen LogP contribution in [0.4, 0.5) is 0 Å². The van der Waals surface area contributed by atoms with Crippen LogP contribution in [-0.4, -0.2) is 28.6 Å². The summed E-state index contributed by atoms with van der Waals surface area (Å²) >= 11 is 5.90. The van der Waals surface area contributed by atoms with Crippen molar-refractivity contribution in [2.24, 2.45) is 5.73 Å². The Morgan fingerprint density at radius 3 is 2.65 bits per heavy atom. The molecule has 0 radical (unpaired) electrons. The third-order valence-electron chi connectivity index (χ3n) is 2.18. The number of nitrogens with one attached hydrogen (secondary N) is 1. The molecule has 1 aromatic rings. The van der Waals surface area contributed by atoms with Crippen LogP contribution in [0.25, 0.3) is 0 Å². The van der Waals surface area contributed by atoms with Crippen LogP contribution >= 0.6 is 11.6 Å². The van der Waals surface area contributed by atoms with E-state index in [9.17, 15) is 8.42 Å². The number of hydrogen-bond acceptors (Lipinski definition) is 4. The molecule has 0 saturated heterocycles. The normalized spacial score (nSPS) is 11.5. The van der Waals surface area contributed by atoms with Crippen molar-refractivity contribution >= 4 is 21.6 Å². The molecule has 0 aliphatic rings. The molecule has 7 heteroatoms. The van der Waals surface area contributed by atoms with Crippen molar-refractivity contribution in [3.8, 4) is 5.75 Å². The molecule has 0 saturated carbocycles. The summed E-state index contributed by atoms with van der Waals surface area (Å²) in [5.41, 5.74) is 5.82. The van der Waals surface area contributed by atoms with Crippen molar-refractivity contribution in [1.29, 1.82) is 0 Å². The largest absolute Gasteiger partial charge is 0.495 e. The molecule has 0 unspecified atom stereocenters. The van der Waals surface area contributed by atoms with Gasteiger partial charge in [-0.25, -0.2) is 13.1 Å². The zero-order valence-corrected chi connectivity index (χ0v) is 11.2. The van der Waals surface area contributed by atoms with Gasteiger partial charge < -0.3 is 10.5 Å². The highest BCUT2D eigenvalue weighted by Crippen LogP contribution is 2.29. The summed E-state index contributed by atoms with van der Waals surface area (Å²) in [6.07, 6.45) is 0. The average Bonchev–Trinajstić information content (AvgIpc) is 2.28. The van der Waals surface area contributed by atoms with E-state index in [0.717, 1.165) is 0 Å². The number of nitrogens with two attached hydrogens (primary N) is 1. The van der Waals surface area contributed by atoms with Crippen molar-refractivity contribution in [1.82, 2.24) is 4.72 Å². The molecule has 1 aromatic carbocycles. The average molecular weight is 279 g/mol. The van der Waals surface area contributed by atoms with Gasteiger partial charge in [0, 0.05) is 13.1 Å². The molecule has 0 bridgehead atoms. The summed E-state index contributed by atoms with van der Waals surface area (Å²) in [7, 11) is -2.10. The summed E-state index contributed by atoms with van der Waals surface area (Å²) in [6, 6.07) is 2.95. The van der Waals surface area contributed by atoms with E-state index in [-0.39, 0.29) is 23.0 Å². The Hall–Kier alpha value is -0.820. The summed E-state index contributed by atoms with van der Waals surface area (Å²) in [4.78, 5) is 0.136. The van der Waals surface area contributed by atoms with E-state index in [1.54, 1.807) is 13.0 Å². The molecule has 0 aromatic heterocycles. The first-order valence-corrected chi connectivity index (χ1v) is 6.82. The number of rotatable bonds is 5. The predicted molar refractivity (Wildman–Crippen MR) is 67.0 cm³/mol. The van der Waals surface area contributed by atoms with Gasteiger partial charge in [-0.2, -0.15) is 0 Å². The van der Waals surface area contributed by atoms with Gasteiger partial charge in [-0.15, -0.1) is 0 Å². The number of halogens is 1. The van der Waals surface area contributed by atoms with Crippen molar-refractivity contribution in [3.05, 3.63) is 22.7 Å². The Bertz CT molecular complexity index is 503. The molecule has 17 heavy (non-hydrogen) atoms. The lowest BCUT2D eigenvalue weighted by molar-refractivity contribution is 0.414. The second-order valence-electron chi connectivity index (χ2n) is 3.44. The molecule has 0 amide bonds. The van der Waals surface area contributed by atoms with Crippen molar-refractivity contribution in [3.63, 3.8) is 0 Å². The number of methoxy groups -OCH3 is 1. The summed E-state index contributed by atoms with van der Waals surface area (Å²) in [5.74, 6) is 0.446. The maximum atomic E-state index is 11.9. The Labute approximate surface area is 106 Å². The van der Waals surface area contributed by atoms with Crippen LogP contribution in [0.2, 0.25) is 5.02 Å². The van der Waals surface area contributed by atoms with Gasteiger partial charge in [-0.3, -0.25) is 0 Å². The molecule has 0 atom stereocenters. The van der Waals surface area contributed by atoms with Crippen LogP contribution in [0.3, 0.4) is 0 Å². The van der Waals surface area contributed by atoms with Gasteiger partial charge in [0.2, 0.25) is 10.0 Å². The van der Waals surface area contributed by atoms with E-state index >= 15 is 0 Å². The Morgan fingerprint density at radius 1 is 1.47 bits per heavy atom. The van der Waals surface area contributed by atoms with Gasteiger partial charge in [0.25, 0.3) is 0 Å². The van der Waals surface area contributed by atoms with Crippen molar-refractivity contribution in [2.75, 3.05) is 20.2 Å². The van der Waals surface area contributed by atoms with Gasteiger partial charge in [0.15, 0.2) is 0 Å². The Morgan fingerprint density at radius 2 is 2.12 bits per heavy atom. The van der Waals surface area contributed by atoms with Crippen LogP contribution in [0, 0.1) is 6.92 Å². The smallest absolute Gasteiger partial charge is 0.240 e. The first-order valence-electron chi connectivity index (χ1n) is 4.96. The molecule has 0 aliphatic heterocycles. The highest BCUT2D eigenvalue weighted by atomic mass is 35.5. The van der Waals surface area contributed by atoms with Crippen LogP contribution in [0.1, 0.15) is 5.56 Å². The van der Waals surface area contributed by atoms with Gasteiger partial charge in [-0.1, -0.05) is 11.6 Å². The van der Waals surface area contributed by atoms with E-state index in [0.29, 0.717) is 11.3 Å².